The quantitative estimate of drug-likeness (QED) is 0.324. The predicted molar refractivity (Wildman–Crippen MR) is 113 cm³/mol. The number of carboxylic acids is 1. The molecule has 0 saturated heterocycles. The Labute approximate surface area is 179 Å². The van der Waals surface area contributed by atoms with Gasteiger partial charge in [-0.15, -0.1) is 0 Å². The molecule has 166 valence electrons. The monoisotopic (exact) mass is 443 g/mol. The summed E-state index contributed by atoms with van der Waals surface area (Å²) in [7, 11) is 0. The van der Waals surface area contributed by atoms with Crippen LogP contribution in [0, 0.1) is 11.6 Å². The Kier molecular flexibility index (Phi) is 5.47. The third kappa shape index (κ3) is 3.72. The van der Waals surface area contributed by atoms with Crippen LogP contribution in [0.15, 0.2) is 35.5 Å². The average molecular weight is 443 g/mol. The molecule has 1 aliphatic rings. The second kappa shape index (κ2) is 8.25. The van der Waals surface area contributed by atoms with Crippen LogP contribution in [0.4, 0.5) is 20.2 Å². The van der Waals surface area contributed by atoms with E-state index >= 15 is 4.39 Å². The van der Waals surface area contributed by atoms with Gasteiger partial charge in [0, 0.05) is 43.3 Å². The Bertz CT molecular complexity index is 1290. The Morgan fingerprint density at radius 1 is 1.19 bits per heavy atom. The molecule has 0 spiro atoms. The van der Waals surface area contributed by atoms with Gasteiger partial charge >= 0.3 is 5.97 Å². The summed E-state index contributed by atoms with van der Waals surface area (Å²) in [4.78, 5) is 39.9. The molecule has 1 fully saturated rings. The van der Waals surface area contributed by atoms with E-state index in [2.05, 4.69) is 15.6 Å². The number of aromatic carboxylic acids is 1. The van der Waals surface area contributed by atoms with E-state index in [4.69, 9.17) is 5.73 Å². The number of fused-ring (bicyclic) bond motifs is 1. The van der Waals surface area contributed by atoms with Gasteiger partial charge in [-0.1, -0.05) is 0 Å². The molecule has 2 heterocycles. The van der Waals surface area contributed by atoms with Crippen molar-refractivity contribution < 1.29 is 23.5 Å². The topological polar surface area (TPSA) is 139 Å². The van der Waals surface area contributed by atoms with Crippen molar-refractivity contribution in [3.8, 4) is 0 Å². The van der Waals surface area contributed by atoms with Crippen LogP contribution in [0.25, 0.3) is 10.9 Å². The van der Waals surface area contributed by atoms with Crippen LogP contribution in [0.5, 0.6) is 0 Å². The van der Waals surface area contributed by atoms with Crippen LogP contribution in [0.3, 0.4) is 0 Å². The summed E-state index contributed by atoms with van der Waals surface area (Å²) in [5.41, 5.74) is 3.12. The first kappa shape index (κ1) is 21.2. The van der Waals surface area contributed by atoms with E-state index in [0.717, 1.165) is 6.20 Å². The number of halogens is 2. The normalized spacial score (nSPS) is 13.2. The molecule has 1 aliphatic carbocycles. The van der Waals surface area contributed by atoms with Gasteiger partial charge in [0.25, 0.3) is 5.91 Å². The highest BCUT2D eigenvalue weighted by Crippen LogP contribution is 2.40. The Balaban J connectivity index is 1.65. The molecule has 11 heteroatoms. The second-order valence-corrected chi connectivity index (χ2v) is 7.37. The zero-order chi connectivity index (χ0) is 23.0. The molecule has 3 aromatic rings. The number of nitrogen functional groups attached to an aromatic ring is 1. The fraction of sp³-hybridized carbons (Fsp3) is 0.238. The summed E-state index contributed by atoms with van der Waals surface area (Å²) in [5.74, 6) is -4.12. The number of hydrogen-bond acceptors (Lipinski definition) is 6. The maximum atomic E-state index is 15.4. The standard InChI is InChI=1S/C21H19F2N5O4/c22-14-16(24)13-18(28(11-1-2-11)9-12(19(13)29)21(31)32)15(23)17(14)26-7-8-27-20(30)10-3-5-25-6-4-10/h3-6,9,11,26H,1-2,7-8,24H2,(H,27,30)(H,31,32). The molecular formula is C21H19F2N5O4. The molecule has 1 aromatic carbocycles. The minimum Gasteiger partial charge on any atom is -0.477 e. The van der Waals surface area contributed by atoms with Gasteiger partial charge in [-0.3, -0.25) is 14.6 Å². The van der Waals surface area contributed by atoms with Crippen LogP contribution in [-0.2, 0) is 0 Å². The SMILES string of the molecule is Nc1c(F)c(NCCNC(=O)c2ccncc2)c(F)c2c1c(=O)c(C(=O)O)cn2C1CC1. The lowest BCUT2D eigenvalue weighted by Gasteiger charge is -2.18. The second-order valence-electron chi connectivity index (χ2n) is 7.37. The zero-order valence-electron chi connectivity index (χ0n) is 16.7. The maximum absolute atomic E-state index is 15.4. The van der Waals surface area contributed by atoms with Gasteiger partial charge in [0.2, 0.25) is 5.43 Å². The molecule has 0 atom stereocenters. The summed E-state index contributed by atoms with van der Waals surface area (Å²) < 4.78 is 31.6. The van der Waals surface area contributed by atoms with Gasteiger partial charge < -0.3 is 26.0 Å². The molecule has 5 N–H and O–H groups in total. The van der Waals surface area contributed by atoms with Crippen LogP contribution < -0.4 is 21.8 Å². The van der Waals surface area contributed by atoms with E-state index < -0.39 is 45.4 Å². The van der Waals surface area contributed by atoms with Gasteiger partial charge in [0.15, 0.2) is 11.6 Å². The van der Waals surface area contributed by atoms with Crippen molar-refractivity contribution in [3.63, 3.8) is 0 Å². The molecule has 0 unspecified atom stereocenters. The largest absolute Gasteiger partial charge is 0.477 e. The van der Waals surface area contributed by atoms with Crippen molar-refractivity contribution in [1.29, 1.82) is 0 Å². The summed E-state index contributed by atoms with van der Waals surface area (Å²) in [6, 6.07) is 2.84. The Morgan fingerprint density at radius 2 is 1.88 bits per heavy atom. The number of rotatable bonds is 7. The average Bonchev–Trinajstić information content (AvgIpc) is 3.62. The fourth-order valence-electron chi connectivity index (χ4n) is 3.48. The van der Waals surface area contributed by atoms with Crippen molar-refractivity contribution in [2.75, 3.05) is 24.1 Å². The first-order chi connectivity index (χ1) is 15.3. The maximum Gasteiger partial charge on any atom is 0.341 e. The third-order valence-corrected chi connectivity index (χ3v) is 5.21. The molecule has 9 nitrogen and oxygen atoms in total. The Morgan fingerprint density at radius 3 is 2.50 bits per heavy atom. The molecule has 0 bridgehead atoms. The van der Waals surface area contributed by atoms with Crippen LogP contribution in [0.1, 0.15) is 39.6 Å². The molecule has 0 radical (unpaired) electrons. The molecular weight excluding hydrogens is 424 g/mol. The number of carbonyl (C=O) groups excluding carboxylic acids is 1. The minimum atomic E-state index is -1.50. The van der Waals surface area contributed by atoms with E-state index in [9.17, 15) is 23.9 Å². The zero-order valence-corrected chi connectivity index (χ0v) is 16.7. The molecule has 1 saturated carbocycles. The lowest BCUT2D eigenvalue weighted by Crippen LogP contribution is -2.29. The number of aromatic nitrogens is 2. The third-order valence-electron chi connectivity index (χ3n) is 5.21. The van der Waals surface area contributed by atoms with E-state index in [-0.39, 0.29) is 30.6 Å². The van der Waals surface area contributed by atoms with Gasteiger partial charge in [-0.2, -0.15) is 0 Å². The fourth-order valence-corrected chi connectivity index (χ4v) is 3.48. The molecule has 2 aromatic heterocycles. The lowest BCUT2D eigenvalue weighted by molar-refractivity contribution is 0.0694. The number of carbonyl (C=O) groups is 2. The number of pyridine rings is 2. The highest BCUT2D eigenvalue weighted by atomic mass is 19.1. The highest BCUT2D eigenvalue weighted by Gasteiger charge is 2.31. The predicted octanol–water partition coefficient (Wildman–Crippen LogP) is 2.13. The van der Waals surface area contributed by atoms with Crippen molar-refractivity contribution >= 4 is 34.2 Å². The number of nitrogens with zero attached hydrogens (tertiary/aromatic N) is 2. The van der Waals surface area contributed by atoms with E-state index in [1.807, 2.05) is 0 Å². The van der Waals surface area contributed by atoms with Crippen molar-refractivity contribution in [2.45, 2.75) is 18.9 Å². The van der Waals surface area contributed by atoms with Crippen LogP contribution in [0.2, 0.25) is 0 Å². The summed E-state index contributed by atoms with van der Waals surface area (Å²) in [5, 5.41) is 14.0. The van der Waals surface area contributed by atoms with Crippen molar-refractivity contribution in [3.05, 3.63) is 63.7 Å². The number of amides is 1. The number of carboxylic acid groups (broad SMARTS) is 1. The Hall–Kier alpha value is -4.02. The first-order valence-corrected chi connectivity index (χ1v) is 9.82. The van der Waals surface area contributed by atoms with Gasteiger partial charge in [0.05, 0.1) is 16.6 Å². The number of nitrogens with two attached hydrogens (primary N) is 1. The summed E-state index contributed by atoms with van der Waals surface area (Å²) in [6.45, 7) is 0.0157. The highest BCUT2D eigenvalue weighted by molar-refractivity contribution is 5.99. The molecule has 4 rings (SSSR count). The van der Waals surface area contributed by atoms with E-state index in [0.29, 0.717) is 18.4 Å². The van der Waals surface area contributed by atoms with Gasteiger partial charge in [-0.05, 0) is 25.0 Å². The minimum absolute atomic E-state index is 0.0313. The molecule has 32 heavy (non-hydrogen) atoms. The number of hydrogen-bond donors (Lipinski definition) is 4. The number of benzene rings is 1. The van der Waals surface area contributed by atoms with Crippen molar-refractivity contribution in [1.82, 2.24) is 14.9 Å². The van der Waals surface area contributed by atoms with E-state index in [1.165, 1.54) is 29.1 Å². The lowest BCUT2D eigenvalue weighted by atomic mass is 10.1. The van der Waals surface area contributed by atoms with Gasteiger partial charge in [-0.25, -0.2) is 13.6 Å². The number of nitrogens with one attached hydrogen (secondary N) is 2. The molecule has 1 amide bonds. The van der Waals surface area contributed by atoms with Crippen molar-refractivity contribution in [2.24, 2.45) is 0 Å². The number of anilines is 2. The van der Waals surface area contributed by atoms with Gasteiger partial charge in [0.1, 0.15) is 11.3 Å². The van der Waals surface area contributed by atoms with Crippen LogP contribution in [-0.4, -0.2) is 39.6 Å². The summed E-state index contributed by atoms with van der Waals surface area (Å²) >= 11 is 0. The van der Waals surface area contributed by atoms with Crippen LogP contribution >= 0.6 is 0 Å². The molecule has 0 aliphatic heterocycles. The summed E-state index contributed by atoms with van der Waals surface area (Å²) in [6.07, 6.45) is 5.33. The van der Waals surface area contributed by atoms with E-state index in [1.54, 1.807) is 0 Å². The first-order valence-electron chi connectivity index (χ1n) is 9.82. The smallest absolute Gasteiger partial charge is 0.341 e.